The number of amides is 1. The molecule has 0 rings (SSSR count). The maximum atomic E-state index is 11.3. The first-order valence-corrected chi connectivity index (χ1v) is 6.60. The Balaban J connectivity index is 3.94. The van der Waals surface area contributed by atoms with Gasteiger partial charge in [-0.25, -0.2) is 13.1 Å². The van der Waals surface area contributed by atoms with Gasteiger partial charge in [0.1, 0.15) is 6.10 Å². The fraction of sp³-hybridized carbons (Fsp3) is 0.875. The monoisotopic (exact) mass is 253 g/mol. The van der Waals surface area contributed by atoms with Gasteiger partial charge in [0.05, 0.1) is 5.75 Å². The van der Waals surface area contributed by atoms with Gasteiger partial charge in [-0.2, -0.15) is 0 Å². The lowest BCUT2D eigenvalue weighted by atomic mass is 10.3. The lowest BCUT2D eigenvalue weighted by molar-refractivity contribution is -0.130. The van der Waals surface area contributed by atoms with E-state index in [9.17, 15) is 13.2 Å². The Hall–Kier alpha value is -0.700. The molecule has 0 heterocycles. The molecule has 1 amide bonds. The van der Waals surface area contributed by atoms with Crippen LogP contribution >= 0.6 is 0 Å². The predicted octanol–water partition coefficient (Wildman–Crippen LogP) is -1.98. The molecule has 0 bridgehead atoms. The summed E-state index contributed by atoms with van der Waals surface area (Å²) in [6, 6.07) is 0. The molecule has 0 aromatic carbocycles. The second-order valence-electron chi connectivity index (χ2n) is 3.07. The zero-order valence-electron chi connectivity index (χ0n) is 9.52. The Morgan fingerprint density at radius 1 is 1.50 bits per heavy atom. The molecule has 0 aliphatic heterocycles. The summed E-state index contributed by atoms with van der Waals surface area (Å²) in [7, 11) is -1.94. The van der Waals surface area contributed by atoms with Crippen molar-refractivity contribution >= 4 is 15.9 Å². The number of carbonyl (C=O) groups is 1. The van der Waals surface area contributed by atoms with Crippen LogP contribution in [0.2, 0.25) is 0 Å². The van der Waals surface area contributed by atoms with Gasteiger partial charge < -0.3 is 15.8 Å². The molecule has 0 fully saturated rings. The summed E-state index contributed by atoms with van der Waals surface area (Å²) in [5, 5.41) is 2.44. The highest BCUT2D eigenvalue weighted by atomic mass is 32.2. The van der Waals surface area contributed by atoms with Gasteiger partial charge in [0.25, 0.3) is 0 Å². The minimum atomic E-state index is -3.30. The molecule has 0 saturated carbocycles. The first kappa shape index (κ1) is 15.3. The number of sulfonamides is 1. The van der Waals surface area contributed by atoms with Crippen molar-refractivity contribution in [2.24, 2.45) is 5.73 Å². The number of nitrogens with two attached hydrogens (primary N) is 1. The number of nitrogens with one attached hydrogen (secondary N) is 2. The molecule has 0 spiro atoms. The van der Waals surface area contributed by atoms with Gasteiger partial charge in [-0.1, -0.05) is 6.92 Å². The van der Waals surface area contributed by atoms with E-state index in [1.54, 1.807) is 6.92 Å². The van der Waals surface area contributed by atoms with Crippen molar-refractivity contribution in [3.8, 4) is 0 Å². The van der Waals surface area contributed by atoms with Crippen LogP contribution in [-0.4, -0.2) is 52.9 Å². The van der Waals surface area contributed by atoms with Crippen LogP contribution in [0.5, 0.6) is 0 Å². The Morgan fingerprint density at radius 2 is 2.12 bits per heavy atom. The van der Waals surface area contributed by atoms with E-state index in [0.717, 1.165) is 0 Å². The molecule has 4 N–H and O–H groups in total. The van der Waals surface area contributed by atoms with E-state index in [0.29, 0.717) is 6.54 Å². The highest BCUT2D eigenvalue weighted by molar-refractivity contribution is 7.89. The molecule has 0 saturated heterocycles. The third-order valence-electron chi connectivity index (χ3n) is 1.83. The molecule has 96 valence electrons. The Labute approximate surface area is 95.8 Å². The van der Waals surface area contributed by atoms with Gasteiger partial charge >= 0.3 is 0 Å². The summed E-state index contributed by atoms with van der Waals surface area (Å²) < 4.78 is 29.5. The number of ether oxygens (including phenoxy) is 1. The summed E-state index contributed by atoms with van der Waals surface area (Å²) in [6.07, 6.45) is -0.734. The highest BCUT2D eigenvalue weighted by Crippen LogP contribution is 1.87. The van der Waals surface area contributed by atoms with Gasteiger partial charge in [-0.3, -0.25) is 4.79 Å². The van der Waals surface area contributed by atoms with E-state index in [1.165, 1.54) is 7.11 Å². The molecule has 1 unspecified atom stereocenters. The van der Waals surface area contributed by atoms with Crippen LogP contribution in [0.1, 0.15) is 6.92 Å². The van der Waals surface area contributed by atoms with Crippen molar-refractivity contribution in [3.05, 3.63) is 0 Å². The van der Waals surface area contributed by atoms with Crippen molar-refractivity contribution in [1.82, 2.24) is 10.0 Å². The maximum absolute atomic E-state index is 11.3. The van der Waals surface area contributed by atoms with E-state index >= 15 is 0 Å². The third kappa shape index (κ3) is 6.01. The van der Waals surface area contributed by atoms with Crippen molar-refractivity contribution < 1.29 is 17.9 Å². The minimum absolute atomic E-state index is 0.0357. The number of carbonyl (C=O) groups excluding carboxylic acids is 1. The predicted molar refractivity (Wildman–Crippen MR) is 60.3 cm³/mol. The van der Waals surface area contributed by atoms with Crippen LogP contribution < -0.4 is 15.8 Å². The molecule has 0 aliphatic carbocycles. The standard InChI is InChI=1S/C8H19N3O4S/c1-3-11-16(13,14)5-4-10-8(12)7(6-9)15-2/h7,11H,3-6,9H2,1-2H3,(H,10,12). The van der Waals surface area contributed by atoms with Crippen molar-refractivity contribution in [2.45, 2.75) is 13.0 Å². The average molecular weight is 253 g/mol. The van der Waals surface area contributed by atoms with Crippen molar-refractivity contribution in [1.29, 1.82) is 0 Å². The summed E-state index contributed by atoms with van der Waals surface area (Å²) in [5.74, 6) is -0.565. The Bertz CT molecular complexity index is 300. The van der Waals surface area contributed by atoms with Crippen LogP contribution in [0.15, 0.2) is 0 Å². The molecule has 0 aromatic rings. The lowest BCUT2D eigenvalue weighted by Gasteiger charge is -2.12. The first-order chi connectivity index (χ1) is 7.46. The molecule has 7 nitrogen and oxygen atoms in total. The zero-order valence-corrected chi connectivity index (χ0v) is 10.3. The molecule has 0 aliphatic rings. The van der Waals surface area contributed by atoms with Gasteiger partial charge in [-0.15, -0.1) is 0 Å². The molecular formula is C8H19N3O4S. The zero-order chi connectivity index (χ0) is 12.6. The number of hydrogen-bond donors (Lipinski definition) is 3. The molecule has 8 heteroatoms. The Morgan fingerprint density at radius 3 is 2.56 bits per heavy atom. The highest BCUT2D eigenvalue weighted by Gasteiger charge is 2.16. The van der Waals surface area contributed by atoms with E-state index in [4.69, 9.17) is 10.5 Å². The van der Waals surface area contributed by atoms with Crippen LogP contribution in [-0.2, 0) is 19.6 Å². The molecule has 16 heavy (non-hydrogen) atoms. The molecular weight excluding hydrogens is 234 g/mol. The number of rotatable bonds is 8. The average Bonchev–Trinajstić information content (AvgIpc) is 2.19. The van der Waals surface area contributed by atoms with E-state index in [2.05, 4.69) is 10.0 Å². The van der Waals surface area contributed by atoms with Crippen LogP contribution in [0.3, 0.4) is 0 Å². The van der Waals surface area contributed by atoms with Crippen molar-refractivity contribution in [3.63, 3.8) is 0 Å². The van der Waals surface area contributed by atoms with Crippen LogP contribution in [0.25, 0.3) is 0 Å². The minimum Gasteiger partial charge on any atom is -0.370 e. The SMILES string of the molecule is CCNS(=O)(=O)CCNC(=O)C(CN)OC. The van der Waals surface area contributed by atoms with E-state index in [1.807, 2.05) is 0 Å². The Kier molecular flexibility index (Phi) is 7.22. The smallest absolute Gasteiger partial charge is 0.250 e. The second-order valence-corrected chi connectivity index (χ2v) is 4.99. The van der Waals surface area contributed by atoms with Crippen LogP contribution in [0, 0.1) is 0 Å². The van der Waals surface area contributed by atoms with Gasteiger partial charge in [0, 0.05) is 26.7 Å². The summed E-state index contributed by atoms with van der Waals surface area (Å²) >= 11 is 0. The maximum Gasteiger partial charge on any atom is 0.250 e. The van der Waals surface area contributed by atoms with Gasteiger partial charge in [0.2, 0.25) is 15.9 Å². The topological polar surface area (TPSA) is 111 Å². The normalized spacial score (nSPS) is 13.4. The van der Waals surface area contributed by atoms with Crippen LogP contribution in [0.4, 0.5) is 0 Å². The lowest BCUT2D eigenvalue weighted by Crippen LogP contribution is -2.43. The molecule has 0 radical (unpaired) electrons. The quantitative estimate of drug-likeness (QED) is 0.464. The summed E-state index contributed by atoms with van der Waals surface area (Å²) in [6.45, 7) is 2.11. The number of hydrogen-bond acceptors (Lipinski definition) is 5. The number of methoxy groups -OCH3 is 1. The first-order valence-electron chi connectivity index (χ1n) is 4.94. The fourth-order valence-electron chi connectivity index (χ4n) is 1.02. The van der Waals surface area contributed by atoms with E-state index in [-0.39, 0.29) is 18.8 Å². The van der Waals surface area contributed by atoms with Gasteiger partial charge in [-0.05, 0) is 0 Å². The van der Waals surface area contributed by atoms with E-state index < -0.39 is 22.0 Å². The largest absolute Gasteiger partial charge is 0.370 e. The van der Waals surface area contributed by atoms with Crippen molar-refractivity contribution in [2.75, 3.05) is 32.5 Å². The second kappa shape index (κ2) is 7.55. The molecule has 1 atom stereocenters. The molecule has 0 aromatic heterocycles. The third-order valence-corrected chi connectivity index (χ3v) is 3.30. The fourth-order valence-corrected chi connectivity index (χ4v) is 1.98. The summed E-state index contributed by atoms with van der Waals surface area (Å²) in [4.78, 5) is 11.3. The summed E-state index contributed by atoms with van der Waals surface area (Å²) in [5.41, 5.74) is 5.27. The van der Waals surface area contributed by atoms with Gasteiger partial charge in [0.15, 0.2) is 0 Å².